The summed E-state index contributed by atoms with van der Waals surface area (Å²) in [7, 11) is 0. The number of carboxylic acids is 1. The molecule has 1 aromatic rings. The second kappa shape index (κ2) is 7.64. The Hall–Kier alpha value is -1.11. The molecule has 0 aromatic heterocycles. The van der Waals surface area contributed by atoms with Crippen molar-refractivity contribution in [2.75, 3.05) is 6.54 Å². The molecule has 124 valence electrons. The van der Waals surface area contributed by atoms with Gasteiger partial charge in [-0.15, -0.1) is 0 Å². The lowest BCUT2D eigenvalue weighted by molar-refractivity contribution is -0.148. The maximum Gasteiger partial charge on any atom is 0.326 e. The molecule has 2 rings (SSSR count). The van der Waals surface area contributed by atoms with Gasteiger partial charge in [-0.2, -0.15) is 0 Å². The number of hydrogen-bond acceptors (Lipinski definition) is 3. The van der Waals surface area contributed by atoms with E-state index in [2.05, 4.69) is 15.9 Å². The molecule has 0 radical (unpaired) electrons. The number of amides is 1. The summed E-state index contributed by atoms with van der Waals surface area (Å²) in [6, 6.07) is 3.69. The number of alkyl halides is 1. The standard InChI is InChI=1S/C15H14BrCl2NO4/c16-9(14(21)8-3-4-10(17)11(18)6-8)7-13(20)19-5-1-2-12(19)15(22)23/h3-4,6,9,12H,1-2,5,7H2,(H,22,23)/t9?,12-/m0/s1. The van der Waals surface area contributed by atoms with Gasteiger partial charge in [0.2, 0.25) is 5.91 Å². The quantitative estimate of drug-likeness (QED) is 0.582. The fourth-order valence-corrected chi connectivity index (χ4v) is 3.35. The fraction of sp³-hybridized carbons (Fsp3) is 0.400. The molecular formula is C15H14BrCl2NO4. The lowest BCUT2D eigenvalue weighted by Crippen LogP contribution is -2.41. The van der Waals surface area contributed by atoms with Crippen molar-refractivity contribution in [3.05, 3.63) is 33.8 Å². The largest absolute Gasteiger partial charge is 0.480 e. The molecular weight excluding hydrogens is 409 g/mol. The van der Waals surface area contributed by atoms with E-state index in [9.17, 15) is 14.4 Å². The summed E-state index contributed by atoms with van der Waals surface area (Å²) in [5.41, 5.74) is 0.338. The van der Waals surface area contributed by atoms with Crippen molar-refractivity contribution >= 4 is 56.8 Å². The minimum absolute atomic E-state index is 0.108. The minimum Gasteiger partial charge on any atom is -0.480 e. The first-order chi connectivity index (χ1) is 10.8. The van der Waals surface area contributed by atoms with Crippen LogP contribution in [0.25, 0.3) is 0 Å². The third-order valence-electron chi connectivity index (χ3n) is 3.70. The summed E-state index contributed by atoms with van der Waals surface area (Å²) >= 11 is 14.9. The van der Waals surface area contributed by atoms with Gasteiger partial charge in [-0.3, -0.25) is 9.59 Å². The lowest BCUT2D eigenvalue weighted by atomic mass is 10.1. The molecule has 1 fully saturated rings. The Morgan fingerprint density at radius 2 is 2.00 bits per heavy atom. The predicted octanol–water partition coefficient (Wildman–Crippen LogP) is 3.41. The SMILES string of the molecule is O=C(c1ccc(Cl)c(Cl)c1)C(Br)CC(=O)N1CCC[C@H]1C(=O)O. The molecule has 5 nitrogen and oxygen atoms in total. The van der Waals surface area contributed by atoms with E-state index in [1.165, 1.54) is 23.1 Å². The van der Waals surface area contributed by atoms with E-state index in [0.717, 1.165) is 0 Å². The van der Waals surface area contributed by atoms with E-state index in [-0.39, 0.29) is 23.1 Å². The number of benzene rings is 1. The molecule has 23 heavy (non-hydrogen) atoms. The second-order valence-corrected chi connectivity index (χ2v) is 7.17. The molecule has 1 aliphatic rings. The van der Waals surface area contributed by atoms with Gasteiger partial charge in [-0.25, -0.2) is 4.79 Å². The number of nitrogens with zero attached hydrogens (tertiary/aromatic N) is 1. The zero-order valence-electron chi connectivity index (χ0n) is 12.0. The van der Waals surface area contributed by atoms with Crippen LogP contribution in [0.5, 0.6) is 0 Å². The van der Waals surface area contributed by atoms with Crippen LogP contribution in [0.15, 0.2) is 18.2 Å². The number of carboxylic acid groups (broad SMARTS) is 1. The number of carbonyl (C=O) groups excluding carboxylic acids is 2. The van der Waals surface area contributed by atoms with Crippen LogP contribution >= 0.6 is 39.1 Å². The molecule has 1 aromatic carbocycles. The Bertz CT molecular complexity index is 652. The number of aliphatic carboxylic acids is 1. The van der Waals surface area contributed by atoms with E-state index in [1.807, 2.05) is 0 Å². The molecule has 0 saturated carbocycles. The highest BCUT2D eigenvalue weighted by Crippen LogP contribution is 2.26. The first-order valence-corrected chi connectivity index (χ1v) is 8.64. The van der Waals surface area contributed by atoms with Crippen molar-refractivity contribution in [1.29, 1.82) is 0 Å². The molecule has 1 aliphatic heterocycles. The van der Waals surface area contributed by atoms with E-state index in [4.69, 9.17) is 28.3 Å². The van der Waals surface area contributed by atoms with Gasteiger partial charge in [0.25, 0.3) is 0 Å². The zero-order chi connectivity index (χ0) is 17.1. The van der Waals surface area contributed by atoms with Crippen molar-refractivity contribution in [1.82, 2.24) is 4.90 Å². The van der Waals surface area contributed by atoms with Gasteiger partial charge in [-0.05, 0) is 31.0 Å². The van der Waals surface area contributed by atoms with Gasteiger partial charge in [0.15, 0.2) is 5.78 Å². The van der Waals surface area contributed by atoms with Gasteiger partial charge in [-0.1, -0.05) is 39.1 Å². The summed E-state index contributed by atoms with van der Waals surface area (Å²) in [5, 5.41) is 9.71. The minimum atomic E-state index is -1.02. The van der Waals surface area contributed by atoms with Gasteiger partial charge >= 0.3 is 5.97 Å². The van der Waals surface area contributed by atoms with E-state index < -0.39 is 16.8 Å². The maximum absolute atomic E-state index is 12.3. The molecule has 1 amide bonds. The average molecular weight is 423 g/mol. The Balaban J connectivity index is 2.04. The summed E-state index contributed by atoms with van der Waals surface area (Å²) in [6.45, 7) is 0.399. The molecule has 2 atom stereocenters. The monoisotopic (exact) mass is 421 g/mol. The third-order valence-corrected chi connectivity index (χ3v) is 5.18. The molecule has 1 saturated heterocycles. The smallest absolute Gasteiger partial charge is 0.326 e. The number of likely N-dealkylation sites (tertiary alicyclic amines) is 1. The Labute approximate surface area is 151 Å². The van der Waals surface area contributed by atoms with Crippen molar-refractivity contribution in [3.8, 4) is 0 Å². The van der Waals surface area contributed by atoms with Gasteiger partial charge in [0, 0.05) is 18.5 Å². The Morgan fingerprint density at radius 1 is 1.30 bits per heavy atom. The maximum atomic E-state index is 12.3. The number of ketones is 1. The topological polar surface area (TPSA) is 74.7 Å². The Morgan fingerprint density at radius 3 is 2.61 bits per heavy atom. The van der Waals surface area contributed by atoms with Crippen LogP contribution < -0.4 is 0 Å². The van der Waals surface area contributed by atoms with Crippen LogP contribution in [-0.2, 0) is 9.59 Å². The lowest BCUT2D eigenvalue weighted by Gasteiger charge is -2.22. The molecule has 8 heteroatoms. The summed E-state index contributed by atoms with van der Waals surface area (Å²) in [6.07, 6.45) is 0.980. The number of rotatable bonds is 5. The highest BCUT2D eigenvalue weighted by atomic mass is 79.9. The molecule has 0 bridgehead atoms. The van der Waals surface area contributed by atoms with E-state index >= 15 is 0 Å². The van der Waals surface area contributed by atoms with Crippen LogP contribution in [0, 0.1) is 0 Å². The van der Waals surface area contributed by atoms with Gasteiger partial charge in [0.1, 0.15) is 6.04 Å². The molecule has 0 spiro atoms. The molecule has 0 aliphatic carbocycles. The predicted molar refractivity (Wildman–Crippen MR) is 90.5 cm³/mol. The number of carbonyl (C=O) groups is 3. The Kier molecular flexibility index (Phi) is 6.06. The van der Waals surface area contributed by atoms with Crippen molar-refractivity contribution < 1.29 is 19.5 Å². The summed E-state index contributed by atoms with van der Waals surface area (Å²) < 4.78 is 0. The number of hydrogen-bond donors (Lipinski definition) is 1. The molecule has 1 unspecified atom stereocenters. The van der Waals surface area contributed by atoms with E-state index in [0.29, 0.717) is 30.0 Å². The first kappa shape index (κ1) is 18.2. The second-order valence-electron chi connectivity index (χ2n) is 5.25. The summed E-state index contributed by atoms with van der Waals surface area (Å²) in [4.78, 5) is 36.3. The fourth-order valence-electron chi connectivity index (χ4n) is 2.52. The van der Waals surface area contributed by atoms with Crippen LogP contribution in [0.1, 0.15) is 29.6 Å². The highest BCUT2D eigenvalue weighted by Gasteiger charge is 2.35. The first-order valence-electron chi connectivity index (χ1n) is 6.97. The molecule has 1 N–H and O–H groups in total. The third kappa shape index (κ3) is 4.25. The van der Waals surface area contributed by atoms with Crippen molar-refractivity contribution in [2.45, 2.75) is 30.1 Å². The zero-order valence-corrected chi connectivity index (χ0v) is 15.1. The number of Topliss-reactive ketones (excluding diaryl/α,β-unsaturated/α-hetero) is 1. The van der Waals surface area contributed by atoms with Crippen molar-refractivity contribution in [3.63, 3.8) is 0 Å². The average Bonchev–Trinajstić information content (AvgIpc) is 2.99. The van der Waals surface area contributed by atoms with Gasteiger partial charge < -0.3 is 10.0 Å². The van der Waals surface area contributed by atoms with Crippen LogP contribution in [-0.4, -0.2) is 45.1 Å². The highest BCUT2D eigenvalue weighted by molar-refractivity contribution is 9.10. The number of halogens is 3. The van der Waals surface area contributed by atoms with Crippen molar-refractivity contribution in [2.24, 2.45) is 0 Å². The normalized spacial score (nSPS) is 18.7. The molecule has 1 heterocycles. The van der Waals surface area contributed by atoms with Crippen LogP contribution in [0.3, 0.4) is 0 Å². The van der Waals surface area contributed by atoms with E-state index in [1.54, 1.807) is 0 Å². The summed E-state index contributed by atoms with van der Waals surface area (Å²) in [5.74, 6) is -1.68. The van der Waals surface area contributed by atoms with Gasteiger partial charge in [0.05, 0.1) is 14.9 Å². The van der Waals surface area contributed by atoms with Crippen LogP contribution in [0.2, 0.25) is 10.0 Å². The van der Waals surface area contributed by atoms with Crippen LogP contribution in [0.4, 0.5) is 0 Å².